The molecule has 0 atom stereocenters. The van der Waals surface area contributed by atoms with Crippen LogP contribution >= 0.6 is 0 Å². The van der Waals surface area contributed by atoms with E-state index in [1.807, 2.05) is 24.3 Å². The van der Waals surface area contributed by atoms with Crippen molar-refractivity contribution in [3.05, 3.63) is 77.2 Å². The summed E-state index contributed by atoms with van der Waals surface area (Å²) in [6.45, 7) is 2.11. The van der Waals surface area contributed by atoms with Crippen molar-refractivity contribution in [2.75, 3.05) is 12.4 Å². The summed E-state index contributed by atoms with van der Waals surface area (Å²) >= 11 is 0. The highest BCUT2D eigenvalue weighted by atomic mass is 16.5. The van der Waals surface area contributed by atoms with E-state index in [0.717, 1.165) is 17.0 Å². The van der Waals surface area contributed by atoms with Crippen LogP contribution in [0.4, 0.5) is 11.5 Å². The maximum absolute atomic E-state index is 12.5. The standard InChI is InChI=1S/C21H19N5O2/c1-14-24-19(21(27)23-13-16-5-9-18(28-2)10-6-16)11-20(25-14)26-17-7-3-15(12-22)4-8-17/h3-11H,13H2,1-2H3,(H,23,27)(H,24,25,26). The van der Waals surface area contributed by atoms with Crippen molar-refractivity contribution in [3.63, 3.8) is 0 Å². The van der Waals surface area contributed by atoms with Crippen LogP contribution in [0.5, 0.6) is 5.75 Å². The fourth-order valence-electron chi connectivity index (χ4n) is 2.54. The van der Waals surface area contributed by atoms with E-state index in [2.05, 4.69) is 26.7 Å². The van der Waals surface area contributed by atoms with Gasteiger partial charge in [0, 0.05) is 18.3 Å². The summed E-state index contributed by atoms with van der Waals surface area (Å²) in [6, 6.07) is 18.1. The Bertz CT molecular complexity index is 1010. The highest BCUT2D eigenvalue weighted by molar-refractivity contribution is 5.93. The number of hydrogen-bond acceptors (Lipinski definition) is 6. The molecule has 0 radical (unpaired) electrons. The number of nitrogens with one attached hydrogen (secondary N) is 2. The van der Waals surface area contributed by atoms with Gasteiger partial charge in [-0.1, -0.05) is 12.1 Å². The number of methoxy groups -OCH3 is 1. The van der Waals surface area contributed by atoms with Crippen LogP contribution < -0.4 is 15.4 Å². The number of aryl methyl sites for hydroxylation is 1. The molecule has 0 spiro atoms. The fraction of sp³-hybridized carbons (Fsp3) is 0.143. The number of amides is 1. The number of benzene rings is 2. The normalized spacial score (nSPS) is 10.0. The van der Waals surface area contributed by atoms with Crippen molar-refractivity contribution < 1.29 is 9.53 Å². The van der Waals surface area contributed by atoms with Gasteiger partial charge in [-0.2, -0.15) is 5.26 Å². The van der Waals surface area contributed by atoms with Gasteiger partial charge in [-0.15, -0.1) is 0 Å². The van der Waals surface area contributed by atoms with E-state index in [1.54, 1.807) is 44.4 Å². The first-order valence-corrected chi connectivity index (χ1v) is 8.61. The SMILES string of the molecule is COc1ccc(CNC(=O)c2cc(Nc3ccc(C#N)cc3)nc(C)n2)cc1. The maximum Gasteiger partial charge on any atom is 0.270 e. The molecule has 0 aliphatic heterocycles. The first kappa shape index (κ1) is 18.9. The number of carbonyl (C=O) groups excluding carboxylic acids is 1. The molecule has 2 N–H and O–H groups in total. The van der Waals surface area contributed by atoms with Crippen molar-refractivity contribution in [1.82, 2.24) is 15.3 Å². The molecule has 0 aliphatic carbocycles. The molecule has 0 bridgehead atoms. The molecule has 140 valence electrons. The van der Waals surface area contributed by atoms with Gasteiger partial charge in [0.15, 0.2) is 0 Å². The molecule has 1 aromatic heterocycles. The molecular weight excluding hydrogens is 354 g/mol. The Labute approximate surface area is 163 Å². The quantitative estimate of drug-likeness (QED) is 0.687. The van der Waals surface area contributed by atoms with E-state index in [-0.39, 0.29) is 11.6 Å². The van der Waals surface area contributed by atoms with Gasteiger partial charge in [0.2, 0.25) is 0 Å². The number of anilines is 2. The number of nitriles is 1. The van der Waals surface area contributed by atoms with E-state index in [9.17, 15) is 4.79 Å². The van der Waals surface area contributed by atoms with Crippen LogP contribution in [0.15, 0.2) is 54.6 Å². The largest absolute Gasteiger partial charge is 0.497 e. The minimum atomic E-state index is -0.288. The molecule has 0 saturated carbocycles. The third-order valence-electron chi connectivity index (χ3n) is 3.97. The van der Waals surface area contributed by atoms with Gasteiger partial charge in [0.1, 0.15) is 23.1 Å². The van der Waals surface area contributed by atoms with Gasteiger partial charge < -0.3 is 15.4 Å². The minimum Gasteiger partial charge on any atom is -0.497 e. The lowest BCUT2D eigenvalue weighted by molar-refractivity contribution is 0.0945. The monoisotopic (exact) mass is 373 g/mol. The lowest BCUT2D eigenvalue weighted by Gasteiger charge is -2.10. The Morgan fingerprint density at radius 2 is 1.82 bits per heavy atom. The summed E-state index contributed by atoms with van der Waals surface area (Å²) in [5, 5.41) is 14.8. The van der Waals surface area contributed by atoms with Crippen molar-refractivity contribution in [1.29, 1.82) is 5.26 Å². The predicted octanol–water partition coefficient (Wildman–Crippen LogP) is 3.34. The number of nitrogens with zero attached hydrogens (tertiary/aromatic N) is 3. The van der Waals surface area contributed by atoms with E-state index in [4.69, 9.17) is 10.00 Å². The zero-order chi connectivity index (χ0) is 19.9. The number of hydrogen-bond donors (Lipinski definition) is 2. The van der Waals surface area contributed by atoms with Gasteiger partial charge in [0.05, 0.1) is 18.7 Å². The van der Waals surface area contributed by atoms with E-state index in [0.29, 0.717) is 23.8 Å². The summed E-state index contributed by atoms with van der Waals surface area (Å²) in [6.07, 6.45) is 0. The lowest BCUT2D eigenvalue weighted by atomic mass is 10.2. The Balaban J connectivity index is 1.68. The zero-order valence-corrected chi connectivity index (χ0v) is 15.6. The third kappa shape index (κ3) is 4.83. The molecule has 7 heteroatoms. The van der Waals surface area contributed by atoms with Crippen LogP contribution in [0.25, 0.3) is 0 Å². The summed E-state index contributed by atoms with van der Waals surface area (Å²) in [5.41, 5.74) is 2.57. The predicted molar refractivity (Wildman–Crippen MR) is 105 cm³/mol. The summed E-state index contributed by atoms with van der Waals surface area (Å²) in [4.78, 5) is 21.0. The first-order valence-electron chi connectivity index (χ1n) is 8.61. The van der Waals surface area contributed by atoms with Crippen LogP contribution in [0.3, 0.4) is 0 Å². The Morgan fingerprint density at radius 3 is 2.46 bits per heavy atom. The first-order chi connectivity index (χ1) is 13.6. The molecule has 0 saturated heterocycles. The Kier molecular flexibility index (Phi) is 5.82. The smallest absolute Gasteiger partial charge is 0.270 e. The fourth-order valence-corrected chi connectivity index (χ4v) is 2.54. The van der Waals surface area contributed by atoms with Crippen molar-refractivity contribution in [3.8, 4) is 11.8 Å². The molecule has 3 aromatic rings. The van der Waals surface area contributed by atoms with Gasteiger partial charge in [-0.25, -0.2) is 9.97 Å². The summed E-state index contributed by atoms with van der Waals surface area (Å²) in [5.74, 6) is 1.46. The van der Waals surface area contributed by atoms with Gasteiger partial charge in [-0.3, -0.25) is 4.79 Å². The molecule has 0 fully saturated rings. The van der Waals surface area contributed by atoms with Crippen molar-refractivity contribution in [2.45, 2.75) is 13.5 Å². The van der Waals surface area contributed by atoms with Gasteiger partial charge >= 0.3 is 0 Å². The molecule has 3 rings (SSSR count). The number of carbonyl (C=O) groups is 1. The van der Waals surface area contributed by atoms with Crippen LogP contribution in [0, 0.1) is 18.3 Å². The molecule has 0 aliphatic rings. The molecule has 1 amide bonds. The van der Waals surface area contributed by atoms with E-state index >= 15 is 0 Å². The van der Waals surface area contributed by atoms with Crippen molar-refractivity contribution >= 4 is 17.4 Å². The summed E-state index contributed by atoms with van der Waals surface area (Å²) < 4.78 is 5.13. The van der Waals surface area contributed by atoms with Crippen LogP contribution in [-0.4, -0.2) is 23.0 Å². The zero-order valence-electron chi connectivity index (χ0n) is 15.6. The second-order valence-electron chi connectivity index (χ2n) is 6.03. The second kappa shape index (κ2) is 8.64. The van der Waals surface area contributed by atoms with Gasteiger partial charge in [-0.05, 0) is 48.9 Å². The van der Waals surface area contributed by atoms with Gasteiger partial charge in [0.25, 0.3) is 5.91 Å². The number of ether oxygens (including phenoxy) is 1. The molecular formula is C21H19N5O2. The van der Waals surface area contributed by atoms with Crippen LogP contribution in [0.2, 0.25) is 0 Å². The maximum atomic E-state index is 12.5. The highest BCUT2D eigenvalue weighted by Crippen LogP contribution is 2.16. The van der Waals surface area contributed by atoms with Crippen LogP contribution in [0.1, 0.15) is 27.4 Å². The number of aromatic nitrogens is 2. The van der Waals surface area contributed by atoms with E-state index < -0.39 is 0 Å². The molecule has 2 aromatic carbocycles. The number of rotatable bonds is 6. The minimum absolute atomic E-state index is 0.275. The lowest BCUT2D eigenvalue weighted by Crippen LogP contribution is -2.24. The van der Waals surface area contributed by atoms with Crippen LogP contribution in [-0.2, 0) is 6.54 Å². The van der Waals surface area contributed by atoms with E-state index in [1.165, 1.54) is 0 Å². The topological polar surface area (TPSA) is 99.9 Å². The second-order valence-corrected chi connectivity index (χ2v) is 6.03. The molecule has 7 nitrogen and oxygen atoms in total. The third-order valence-corrected chi connectivity index (χ3v) is 3.97. The average Bonchev–Trinajstić information content (AvgIpc) is 2.72. The molecule has 1 heterocycles. The summed E-state index contributed by atoms with van der Waals surface area (Å²) in [7, 11) is 1.61. The van der Waals surface area contributed by atoms with Crippen molar-refractivity contribution in [2.24, 2.45) is 0 Å². The molecule has 28 heavy (non-hydrogen) atoms. The molecule has 0 unspecified atom stereocenters. The average molecular weight is 373 g/mol. The highest BCUT2D eigenvalue weighted by Gasteiger charge is 2.11. The Hall–Kier alpha value is -3.92. The Morgan fingerprint density at radius 1 is 1.11 bits per heavy atom.